The van der Waals surface area contributed by atoms with Gasteiger partial charge in [-0.25, -0.2) is 0 Å². The number of carbonyl (C=O) groups is 2. The molecule has 1 aliphatic heterocycles. The normalized spacial score (nSPS) is 23.0. The Labute approximate surface area is 269 Å². The van der Waals surface area contributed by atoms with Gasteiger partial charge in [0.15, 0.2) is 12.4 Å². The number of allylic oxidation sites excluding steroid dienone is 8. The minimum Gasteiger partial charge on any atom is -0.462 e. The molecular formula is C35H58O10. The highest BCUT2D eigenvalue weighted by atomic mass is 16.7. The molecule has 0 aliphatic carbocycles. The molecule has 0 aromatic carbocycles. The molecule has 6 atom stereocenters. The molecule has 1 aliphatic rings. The largest absolute Gasteiger partial charge is 0.462 e. The fourth-order valence-corrected chi connectivity index (χ4v) is 4.55. The molecule has 45 heavy (non-hydrogen) atoms. The number of unbranched alkanes of at least 4 members (excludes halogenated alkanes) is 6. The van der Waals surface area contributed by atoms with Crippen molar-refractivity contribution in [2.75, 3.05) is 19.8 Å². The molecule has 0 aromatic rings. The molecule has 0 amide bonds. The smallest absolute Gasteiger partial charge is 0.306 e. The number of aliphatic hydroxyl groups is 4. The Hall–Kier alpha value is -2.34. The zero-order chi connectivity index (χ0) is 33.1. The summed E-state index contributed by atoms with van der Waals surface area (Å²) in [7, 11) is 0. The van der Waals surface area contributed by atoms with Crippen LogP contribution in [-0.4, -0.2) is 89.0 Å². The van der Waals surface area contributed by atoms with Gasteiger partial charge in [0.05, 0.1) is 13.2 Å². The van der Waals surface area contributed by atoms with Gasteiger partial charge in [-0.15, -0.1) is 0 Å². The highest BCUT2D eigenvalue weighted by Crippen LogP contribution is 2.22. The Balaban J connectivity index is 2.53. The lowest BCUT2D eigenvalue weighted by Gasteiger charge is -2.39. The maximum atomic E-state index is 12.6. The Kier molecular flexibility index (Phi) is 24.3. The molecule has 0 spiro atoms. The molecule has 1 rings (SSSR count). The van der Waals surface area contributed by atoms with Gasteiger partial charge in [0.2, 0.25) is 0 Å². The highest BCUT2D eigenvalue weighted by molar-refractivity contribution is 5.70. The van der Waals surface area contributed by atoms with Gasteiger partial charge in [-0.05, 0) is 38.5 Å². The summed E-state index contributed by atoms with van der Waals surface area (Å²) in [5.41, 5.74) is 0. The second-order valence-electron chi connectivity index (χ2n) is 11.2. The van der Waals surface area contributed by atoms with Crippen LogP contribution in [0.1, 0.15) is 104 Å². The maximum absolute atomic E-state index is 12.6. The van der Waals surface area contributed by atoms with Crippen molar-refractivity contribution in [2.45, 2.75) is 141 Å². The van der Waals surface area contributed by atoms with E-state index in [1.165, 1.54) is 19.3 Å². The van der Waals surface area contributed by atoms with E-state index in [1.54, 1.807) is 0 Å². The first-order valence-corrected chi connectivity index (χ1v) is 16.7. The van der Waals surface area contributed by atoms with Gasteiger partial charge < -0.3 is 39.4 Å². The van der Waals surface area contributed by atoms with Crippen LogP contribution in [0.5, 0.6) is 0 Å². The summed E-state index contributed by atoms with van der Waals surface area (Å²) in [6, 6.07) is 0. The first-order valence-electron chi connectivity index (χ1n) is 16.7. The summed E-state index contributed by atoms with van der Waals surface area (Å²) in [4.78, 5) is 24.9. The second-order valence-corrected chi connectivity index (χ2v) is 11.2. The molecule has 10 heteroatoms. The summed E-state index contributed by atoms with van der Waals surface area (Å²) in [5.74, 6) is -0.916. The summed E-state index contributed by atoms with van der Waals surface area (Å²) in [6.07, 6.45) is 20.3. The van der Waals surface area contributed by atoms with E-state index in [9.17, 15) is 30.0 Å². The lowest BCUT2D eigenvalue weighted by atomic mass is 9.99. The average molecular weight is 639 g/mol. The van der Waals surface area contributed by atoms with Crippen molar-refractivity contribution in [1.82, 2.24) is 0 Å². The zero-order valence-corrected chi connectivity index (χ0v) is 27.3. The minimum atomic E-state index is -1.60. The molecule has 10 nitrogen and oxygen atoms in total. The van der Waals surface area contributed by atoms with Crippen molar-refractivity contribution in [2.24, 2.45) is 0 Å². The first-order chi connectivity index (χ1) is 21.8. The SMILES string of the molecule is CC/C=C\C/C=C\C/C=C\C/C=C\CCC(=O)OC(COC(=O)CCCCCCCCC)COC1OC(CO)C(O)C(O)C1O. The third-order valence-corrected chi connectivity index (χ3v) is 7.24. The fourth-order valence-electron chi connectivity index (χ4n) is 4.55. The summed E-state index contributed by atoms with van der Waals surface area (Å²) < 4.78 is 21.8. The molecule has 1 saturated heterocycles. The van der Waals surface area contributed by atoms with Crippen molar-refractivity contribution < 1.29 is 49.0 Å². The van der Waals surface area contributed by atoms with Crippen molar-refractivity contribution in [3.63, 3.8) is 0 Å². The second kappa shape index (κ2) is 26.8. The van der Waals surface area contributed by atoms with Crippen molar-refractivity contribution in [3.05, 3.63) is 48.6 Å². The Morgan fingerprint density at radius 2 is 1.31 bits per heavy atom. The van der Waals surface area contributed by atoms with Crippen LogP contribution in [0.2, 0.25) is 0 Å². The number of hydrogen-bond acceptors (Lipinski definition) is 10. The third-order valence-electron chi connectivity index (χ3n) is 7.24. The molecule has 0 aromatic heterocycles. The molecule has 4 N–H and O–H groups in total. The van der Waals surface area contributed by atoms with Crippen LogP contribution in [0.4, 0.5) is 0 Å². The number of hydrogen-bond donors (Lipinski definition) is 4. The number of aliphatic hydroxyl groups excluding tert-OH is 4. The Morgan fingerprint density at radius 1 is 0.711 bits per heavy atom. The van der Waals surface area contributed by atoms with Gasteiger partial charge in [0.25, 0.3) is 0 Å². The predicted octanol–water partition coefficient (Wildman–Crippen LogP) is 4.98. The van der Waals surface area contributed by atoms with Gasteiger partial charge in [-0.3, -0.25) is 9.59 Å². The van der Waals surface area contributed by atoms with Gasteiger partial charge >= 0.3 is 11.9 Å². The van der Waals surface area contributed by atoms with Gasteiger partial charge in [-0.2, -0.15) is 0 Å². The van der Waals surface area contributed by atoms with Gasteiger partial charge in [0, 0.05) is 12.8 Å². The zero-order valence-electron chi connectivity index (χ0n) is 27.3. The van der Waals surface area contributed by atoms with E-state index < -0.39 is 55.4 Å². The average Bonchev–Trinajstić information content (AvgIpc) is 3.03. The van der Waals surface area contributed by atoms with E-state index in [4.69, 9.17) is 18.9 Å². The maximum Gasteiger partial charge on any atom is 0.306 e. The summed E-state index contributed by atoms with van der Waals surface area (Å²) in [5, 5.41) is 39.7. The van der Waals surface area contributed by atoms with Gasteiger partial charge in [-0.1, -0.05) is 101 Å². The molecular weight excluding hydrogens is 580 g/mol. The standard InChI is InChI=1S/C35H58O10/c1-3-5-7-9-11-12-13-14-15-16-18-20-22-24-31(38)44-28(26-42-30(37)23-21-19-17-10-8-6-4-2)27-43-35-34(41)33(40)32(39)29(25-36)45-35/h5,7,11-12,14-15,18,20,28-29,32-36,39-41H,3-4,6,8-10,13,16-17,19,21-27H2,1-2H3/b7-5-,12-11-,15-14-,20-18-. The predicted molar refractivity (Wildman–Crippen MR) is 173 cm³/mol. The molecule has 0 saturated carbocycles. The van der Waals surface area contributed by atoms with Crippen LogP contribution in [0, 0.1) is 0 Å². The third kappa shape index (κ3) is 19.7. The van der Waals surface area contributed by atoms with E-state index in [2.05, 4.69) is 50.3 Å². The molecule has 258 valence electrons. The fraction of sp³-hybridized carbons (Fsp3) is 0.714. The van der Waals surface area contributed by atoms with E-state index in [0.717, 1.165) is 44.9 Å². The molecule has 0 radical (unpaired) electrons. The van der Waals surface area contributed by atoms with E-state index in [-0.39, 0.29) is 26.1 Å². The molecule has 1 fully saturated rings. The monoisotopic (exact) mass is 638 g/mol. The number of ether oxygens (including phenoxy) is 4. The van der Waals surface area contributed by atoms with E-state index >= 15 is 0 Å². The molecule has 6 unspecified atom stereocenters. The van der Waals surface area contributed by atoms with Crippen molar-refractivity contribution in [1.29, 1.82) is 0 Å². The number of carbonyl (C=O) groups excluding carboxylic acids is 2. The quantitative estimate of drug-likeness (QED) is 0.0612. The molecule has 0 bridgehead atoms. The first kappa shape index (κ1) is 40.7. The van der Waals surface area contributed by atoms with Crippen LogP contribution in [0.15, 0.2) is 48.6 Å². The van der Waals surface area contributed by atoms with Crippen molar-refractivity contribution in [3.8, 4) is 0 Å². The van der Waals surface area contributed by atoms with E-state index in [0.29, 0.717) is 12.8 Å². The highest BCUT2D eigenvalue weighted by Gasteiger charge is 2.44. The van der Waals surface area contributed by atoms with Crippen LogP contribution in [0.25, 0.3) is 0 Å². The van der Waals surface area contributed by atoms with Crippen LogP contribution >= 0.6 is 0 Å². The van der Waals surface area contributed by atoms with Crippen LogP contribution in [-0.2, 0) is 28.5 Å². The van der Waals surface area contributed by atoms with Crippen molar-refractivity contribution >= 4 is 11.9 Å². The lowest BCUT2D eigenvalue weighted by Crippen LogP contribution is -2.59. The van der Waals surface area contributed by atoms with Crippen LogP contribution in [0.3, 0.4) is 0 Å². The van der Waals surface area contributed by atoms with Crippen LogP contribution < -0.4 is 0 Å². The lowest BCUT2D eigenvalue weighted by molar-refractivity contribution is -0.305. The summed E-state index contributed by atoms with van der Waals surface area (Å²) in [6.45, 7) is 3.13. The minimum absolute atomic E-state index is 0.108. The summed E-state index contributed by atoms with van der Waals surface area (Å²) >= 11 is 0. The topological polar surface area (TPSA) is 152 Å². The van der Waals surface area contributed by atoms with E-state index in [1.807, 2.05) is 12.2 Å². The molecule has 1 heterocycles. The number of rotatable bonds is 25. The Morgan fingerprint density at radius 3 is 1.93 bits per heavy atom. The Bertz CT molecular complexity index is 882. The van der Waals surface area contributed by atoms with Gasteiger partial charge in [0.1, 0.15) is 31.0 Å². The number of esters is 2.